The van der Waals surface area contributed by atoms with Crippen molar-refractivity contribution in [3.63, 3.8) is 0 Å². The molecule has 38 heavy (non-hydrogen) atoms. The number of para-hydroxylation sites is 2. The van der Waals surface area contributed by atoms with E-state index in [0.717, 1.165) is 53.6 Å². The second-order valence-electron chi connectivity index (χ2n) is 9.62. The molecule has 1 saturated heterocycles. The van der Waals surface area contributed by atoms with Gasteiger partial charge in [0.25, 0.3) is 6.02 Å². The number of likely N-dealkylation sites (tertiary alicyclic amines) is 1. The van der Waals surface area contributed by atoms with E-state index >= 15 is 0 Å². The van der Waals surface area contributed by atoms with Gasteiger partial charge in [-0.25, -0.2) is 19.2 Å². The summed E-state index contributed by atoms with van der Waals surface area (Å²) in [7, 11) is 1.68. The molecule has 2 aliphatic heterocycles. The monoisotopic (exact) mass is 531 g/mol. The van der Waals surface area contributed by atoms with Crippen LogP contribution >= 0.6 is 11.3 Å². The molecule has 0 amide bonds. The number of hydrogen-bond acceptors (Lipinski definition) is 8. The van der Waals surface area contributed by atoms with Crippen molar-refractivity contribution >= 4 is 39.8 Å². The summed E-state index contributed by atoms with van der Waals surface area (Å²) in [6, 6.07) is 14.2. The van der Waals surface area contributed by atoms with E-state index in [2.05, 4.69) is 42.4 Å². The van der Waals surface area contributed by atoms with Gasteiger partial charge in [0, 0.05) is 24.4 Å². The van der Waals surface area contributed by atoms with Gasteiger partial charge in [0.1, 0.15) is 0 Å². The molecule has 4 aromatic rings. The van der Waals surface area contributed by atoms with Crippen molar-refractivity contribution in [1.29, 1.82) is 0 Å². The Balaban J connectivity index is 1.14. The molecule has 6 rings (SSSR count). The summed E-state index contributed by atoms with van der Waals surface area (Å²) < 4.78 is 12.5. The van der Waals surface area contributed by atoms with Crippen LogP contribution in [-0.2, 0) is 9.57 Å². The number of amidine groups is 1. The molecule has 2 aromatic heterocycles. The third kappa shape index (κ3) is 4.61. The molecule has 2 aromatic carbocycles. The van der Waals surface area contributed by atoms with Crippen LogP contribution in [0.4, 0.5) is 5.69 Å². The molecule has 4 heterocycles. The van der Waals surface area contributed by atoms with E-state index in [4.69, 9.17) is 24.0 Å². The van der Waals surface area contributed by atoms with Gasteiger partial charge in [-0.1, -0.05) is 24.3 Å². The minimum atomic E-state index is -0.613. The van der Waals surface area contributed by atoms with Gasteiger partial charge in [-0.3, -0.25) is 5.48 Å². The fourth-order valence-electron chi connectivity index (χ4n) is 4.93. The Hall–Kier alpha value is -3.89. The summed E-state index contributed by atoms with van der Waals surface area (Å²) in [6.45, 7) is 5.83. The second kappa shape index (κ2) is 10.1. The molecular weight excluding hydrogens is 502 g/mol. The third-order valence-electron chi connectivity index (χ3n) is 7.05. The number of hydrogen-bond donors (Lipinski definition) is 1. The third-order valence-corrected chi connectivity index (χ3v) is 8.06. The number of thiazole rings is 1. The van der Waals surface area contributed by atoms with Crippen molar-refractivity contribution < 1.29 is 14.0 Å². The van der Waals surface area contributed by atoms with E-state index in [1.807, 2.05) is 29.7 Å². The lowest BCUT2D eigenvalue weighted by atomic mass is 9.98. The average Bonchev–Trinajstić information content (AvgIpc) is 3.67. The van der Waals surface area contributed by atoms with Crippen LogP contribution < -0.4 is 11.2 Å². The van der Waals surface area contributed by atoms with Gasteiger partial charge in [0.15, 0.2) is 11.8 Å². The van der Waals surface area contributed by atoms with E-state index < -0.39 is 12.0 Å². The largest absolute Gasteiger partial charge is 0.468 e. The number of aliphatic imine (C=N–C) groups is 1. The number of hydroxylamine groups is 1. The van der Waals surface area contributed by atoms with Crippen molar-refractivity contribution in [2.75, 3.05) is 20.2 Å². The molecule has 196 valence electrons. The molecule has 2 aliphatic rings. The number of nitrogens with zero attached hydrogens (tertiary/aromatic N) is 4. The van der Waals surface area contributed by atoms with Crippen LogP contribution in [0.5, 0.6) is 0 Å². The van der Waals surface area contributed by atoms with E-state index in [-0.39, 0.29) is 0 Å². The summed E-state index contributed by atoms with van der Waals surface area (Å²) in [5.41, 5.74) is 8.96. The summed E-state index contributed by atoms with van der Waals surface area (Å²) in [6.07, 6.45) is 3.17. The number of fused-ring (bicyclic) bond motifs is 1. The molecule has 0 bridgehead atoms. The highest BCUT2D eigenvalue weighted by Crippen LogP contribution is 2.34. The summed E-state index contributed by atoms with van der Waals surface area (Å²) in [5, 5.41) is 3.13. The maximum atomic E-state index is 12.4. The standard InChI is InChI=1S/C28H29N5O4S/c1-17-8-9-18(2)20(14-17)30-27(35-3)32-12-10-19(11-13-32)26-29-22(16-38-26)21-15-25(37-31-21)33-23-6-4-5-7-24(23)36-28(33)34/h4-9,14-16,19,25,31H,10-13H2,1-3H3. The predicted molar refractivity (Wildman–Crippen MR) is 147 cm³/mol. The summed E-state index contributed by atoms with van der Waals surface area (Å²) >= 11 is 1.65. The highest BCUT2D eigenvalue weighted by atomic mass is 32.1. The van der Waals surface area contributed by atoms with Gasteiger partial charge in [0.2, 0.25) is 0 Å². The van der Waals surface area contributed by atoms with Crippen LogP contribution in [0.15, 0.2) is 68.1 Å². The Morgan fingerprint density at radius 2 is 2.00 bits per heavy atom. The van der Waals surface area contributed by atoms with Crippen molar-refractivity contribution in [2.24, 2.45) is 4.99 Å². The summed E-state index contributed by atoms with van der Waals surface area (Å²) in [5.74, 6) is -0.0966. The average molecular weight is 532 g/mol. The van der Waals surface area contributed by atoms with Crippen molar-refractivity contribution in [3.8, 4) is 0 Å². The SMILES string of the molecule is COC(=Nc1cc(C)ccc1C)N1CCC(c2nc(C3=CC(n4c(=O)oc5ccccc54)ON3)cs2)CC1. The molecule has 0 radical (unpaired) electrons. The topological polar surface area (TPSA) is 94.1 Å². The molecule has 1 atom stereocenters. The number of methoxy groups -OCH3 is 1. The molecule has 1 fully saturated rings. The molecule has 0 spiro atoms. The molecule has 0 aliphatic carbocycles. The number of ether oxygens (including phenoxy) is 1. The van der Waals surface area contributed by atoms with Gasteiger partial charge in [0.05, 0.1) is 34.7 Å². The smallest absolute Gasteiger partial charge is 0.422 e. The zero-order valence-electron chi connectivity index (χ0n) is 21.5. The quantitative estimate of drug-likeness (QED) is 0.284. The first-order valence-electron chi connectivity index (χ1n) is 12.6. The van der Waals surface area contributed by atoms with E-state index in [9.17, 15) is 4.79 Å². The molecular formula is C28H29N5O4S. The molecule has 1 N–H and O–H groups in total. The Bertz CT molecular complexity index is 1590. The van der Waals surface area contributed by atoms with Gasteiger partial charge < -0.3 is 14.1 Å². The van der Waals surface area contributed by atoms with Gasteiger partial charge in [-0.2, -0.15) is 4.99 Å². The van der Waals surface area contributed by atoms with E-state index in [1.54, 1.807) is 24.5 Å². The van der Waals surface area contributed by atoms with Crippen LogP contribution in [0.2, 0.25) is 0 Å². The number of nitrogens with one attached hydrogen (secondary N) is 1. The van der Waals surface area contributed by atoms with E-state index in [0.29, 0.717) is 23.0 Å². The van der Waals surface area contributed by atoms with E-state index in [1.165, 1.54) is 10.1 Å². The lowest BCUT2D eigenvalue weighted by Gasteiger charge is -2.32. The normalized spacial score (nSPS) is 18.6. The molecule has 0 saturated carbocycles. The van der Waals surface area contributed by atoms with Gasteiger partial charge in [-0.05, 0) is 62.1 Å². The summed E-state index contributed by atoms with van der Waals surface area (Å²) in [4.78, 5) is 30.1. The Morgan fingerprint density at radius 3 is 2.82 bits per heavy atom. The predicted octanol–water partition coefficient (Wildman–Crippen LogP) is 5.26. The maximum absolute atomic E-state index is 12.4. The van der Waals surface area contributed by atoms with Crippen LogP contribution in [0.1, 0.15) is 46.8 Å². The number of oxazole rings is 1. The lowest BCUT2D eigenvalue weighted by molar-refractivity contribution is 0.00698. The number of piperidine rings is 1. The maximum Gasteiger partial charge on any atom is 0.422 e. The Kier molecular flexibility index (Phi) is 6.50. The molecule has 1 unspecified atom stereocenters. The fraction of sp³-hybridized carbons (Fsp3) is 0.321. The highest BCUT2D eigenvalue weighted by molar-refractivity contribution is 7.09. The first-order chi connectivity index (χ1) is 18.5. The van der Waals surface area contributed by atoms with Crippen LogP contribution in [0, 0.1) is 13.8 Å². The zero-order valence-corrected chi connectivity index (χ0v) is 22.3. The van der Waals surface area contributed by atoms with Crippen LogP contribution in [0.3, 0.4) is 0 Å². The number of rotatable bonds is 4. The first kappa shape index (κ1) is 24.4. The minimum absolute atomic E-state index is 0.364. The lowest BCUT2D eigenvalue weighted by Crippen LogP contribution is -2.38. The first-order valence-corrected chi connectivity index (χ1v) is 13.5. The van der Waals surface area contributed by atoms with Crippen LogP contribution in [-0.4, -0.2) is 40.7 Å². The van der Waals surface area contributed by atoms with Crippen molar-refractivity contribution in [3.05, 3.63) is 86.3 Å². The zero-order chi connectivity index (χ0) is 26.2. The van der Waals surface area contributed by atoms with Crippen LogP contribution in [0.25, 0.3) is 16.8 Å². The fourth-order valence-corrected chi connectivity index (χ4v) is 5.92. The Morgan fingerprint density at radius 1 is 1.18 bits per heavy atom. The minimum Gasteiger partial charge on any atom is -0.468 e. The molecule has 9 nitrogen and oxygen atoms in total. The molecule has 10 heteroatoms. The van der Waals surface area contributed by atoms with Crippen molar-refractivity contribution in [2.45, 2.75) is 38.8 Å². The number of aryl methyl sites for hydroxylation is 2. The second-order valence-corrected chi connectivity index (χ2v) is 10.5. The Labute approximate surface area is 224 Å². The van der Waals surface area contributed by atoms with Crippen molar-refractivity contribution in [1.82, 2.24) is 19.9 Å². The van der Waals surface area contributed by atoms with Gasteiger partial charge >= 0.3 is 5.76 Å². The number of benzene rings is 2. The number of aromatic nitrogens is 2. The highest BCUT2D eigenvalue weighted by Gasteiger charge is 2.28. The van der Waals surface area contributed by atoms with Gasteiger partial charge in [-0.15, -0.1) is 11.3 Å².